The van der Waals surface area contributed by atoms with Gasteiger partial charge in [-0.1, -0.05) is 28.1 Å². The maximum absolute atomic E-state index is 12.4. The highest BCUT2D eigenvalue weighted by molar-refractivity contribution is 9.10. The Hall–Kier alpha value is -1.60. The molecule has 1 aromatic carbocycles. The van der Waals surface area contributed by atoms with Gasteiger partial charge in [0, 0.05) is 23.6 Å². The summed E-state index contributed by atoms with van der Waals surface area (Å²) < 4.78 is 0.926. The maximum atomic E-state index is 12.4. The third kappa shape index (κ3) is 3.54. The van der Waals surface area contributed by atoms with Crippen LogP contribution in [0.5, 0.6) is 0 Å². The zero-order chi connectivity index (χ0) is 15.6. The summed E-state index contributed by atoms with van der Waals surface area (Å²) >= 11 is 3.35. The Morgan fingerprint density at radius 2 is 2.00 bits per heavy atom. The number of likely N-dealkylation sites (tertiary alicyclic amines) is 1. The van der Waals surface area contributed by atoms with Crippen molar-refractivity contribution in [2.45, 2.75) is 24.9 Å². The van der Waals surface area contributed by atoms with Gasteiger partial charge in [0.15, 0.2) is 0 Å². The zero-order valence-corrected chi connectivity index (χ0v) is 13.4. The molecule has 1 aliphatic heterocycles. The number of carbonyl (C=O) groups excluding carboxylic acids is 2. The largest absolute Gasteiger partial charge is 0.351 e. The minimum Gasteiger partial charge on any atom is -0.351 e. The number of hydrogen-bond acceptors (Lipinski definition) is 3. The molecule has 0 radical (unpaired) electrons. The number of rotatable bonds is 3. The van der Waals surface area contributed by atoms with E-state index in [9.17, 15) is 9.59 Å². The van der Waals surface area contributed by atoms with Gasteiger partial charge < -0.3 is 21.7 Å². The van der Waals surface area contributed by atoms with Gasteiger partial charge in [0.2, 0.25) is 5.91 Å². The van der Waals surface area contributed by atoms with Crippen LogP contribution in [0.1, 0.15) is 18.9 Å². The first-order valence-corrected chi connectivity index (χ1v) is 7.50. The lowest BCUT2D eigenvalue weighted by Gasteiger charge is -2.26. The molecule has 0 saturated carbocycles. The van der Waals surface area contributed by atoms with E-state index in [2.05, 4.69) is 21.2 Å². The minimum atomic E-state index is -1.12. The Labute approximate surface area is 132 Å². The van der Waals surface area contributed by atoms with Crippen LogP contribution in [0.25, 0.3) is 0 Å². The van der Waals surface area contributed by atoms with E-state index in [1.165, 1.54) is 4.90 Å². The molecule has 1 fully saturated rings. The van der Waals surface area contributed by atoms with Gasteiger partial charge in [0.25, 0.3) is 0 Å². The predicted molar refractivity (Wildman–Crippen MR) is 83.4 cm³/mol. The first-order chi connectivity index (χ1) is 9.80. The molecule has 0 aromatic heterocycles. The molecule has 1 aromatic rings. The van der Waals surface area contributed by atoms with Crippen molar-refractivity contribution in [1.82, 2.24) is 10.2 Å². The van der Waals surface area contributed by atoms with Crippen LogP contribution in [-0.4, -0.2) is 36.0 Å². The van der Waals surface area contributed by atoms with Crippen LogP contribution >= 0.6 is 15.9 Å². The van der Waals surface area contributed by atoms with Crippen LogP contribution in [0.15, 0.2) is 28.7 Å². The molecule has 2 unspecified atom stereocenters. The quantitative estimate of drug-likeness (QED) is 0.751. The number of nitrogens with one attached hydrogen (secondary N) is 1. The standard InChI is InChI=1S/C14H19BrN4O2/c1-14(17,9-2-4-10(15)5-3-9)12(20)18-11-6-7-19(8-11)13(16)21/h2-5,11H,6-8,17H2,1H3,(H2,16,21)(H,18,20). The molecule has 0 spiro atoms. The molecule has 0 aliphatic carbocycles. The van der Waals surface area contributed by atoms with E-state index in [-0.39, 0.29) is 11.9 Å². The van der Waals surface area contributed by atoms with Gasteiger partial charge in [-0.25, -0.2) is 4.79 Å². The van der Waals surface area contributed by atoms with Gasteiger partial charge in [0.1, 0.15) is 5.54 Å². The van der Waals surface area contributed by atoms with Crippen molar-refractivity contribution in [3.8, 4) is 0 Å². The zero-order valence-electron chi connectivity index (χ0n) is 11.8. The summed E-state index contributed by atoms with van der Waals surface area (Å²) in [5, 5.41) is 2.89. The highest BCUT2D eigenvalue weighted by atomic mass is 79.9. The lowest BCUT2D eigenvalue weighted by atomic mass is 9.92. The summed E-state index contributed by atoms with van der Waals surface area (Å²) in [6, 6.07) is 6.75. The van der Waals surface area contributed by atoms with Crippen LogP contribution in [0.4, 0.5) is 4.79 Å². The van der Waals surface area contributed by atoms with Gasteiger partial charge >= 0.3 is 6.03 Å². The van der Waals surface area contributed by atoms with Crippen LogP contribution in [0, 0.1) is 0 Å². The predicted octanol–water partition coefficient (Wildman–Crippen LogP) is 0.892. The van der Waals surface area contributed by atoms with E-state index in [1.54, 1.807) is 6.92 Å². The summed E-state index contributed by atoms with van der Waals surface area (Å²) in [5.74, 6) is -0.263. The van der Waals surface area contributed by atoms with Crippen LogP contribution in [0.2, 0.25) is 0 Å². The van der Waals surface area contributed by atoms with Crippen LogP contribution in [0.3, 0.4) is 0 Å². The number of urea groups is 1. The molecular formula is C14H19BrN4O2. The lowest BCUT2D eigenvalue weighted by molar-refractivity contribution is -0.126. The third-order valence-corrected chi connectivity index (χ3v) is 4.28. The number of hydrogen-bond donors (Lipinski definition) is 3. The summed E-state index contributed by atoms with van der Waals surface area (Å²) in [6.07, 6.45) is 0.686. The van der Waals surface area contributed by atoms with Crippen molar-refractivity contribution >= 4 is 27.9 Å². The highest BCUT2D eigenvalue weighted by Crippen LogP contribution is 2.21. The Balaban J connectivity index is 2.02. The fraction of sp³-hybridized carbons (Fsp3) is 0.429. The van der Waals surface area contributed by atoms with E-state index in [1.807, 2.05) is 24.3 Å². The van der Waals surface area contributed by atoms with Gasteiger partial charge in [-0.2, -0.15) is 0 Å². The number of nitrogens with zero attached hydrogens (tertiary/aromatic N) is 1. The number of halogens is 1. The Morgan fingerprint density at radius 1 is 1.38 bits per heavy atom. The molecule has 3 amide bonds. The molecule has 21 heavy (non-hydrogen) atoms. The van der Waals surface area contributed by atoms with Crippen molar-refractivity contribution in [1.29, 1.82) is 0 Å². The molecule has 7 heteroatoms. The minimum absolute atomic E-state index is 0.108. The van der Waals surface area contributed by atoms with E-state index in [0.29, 0.717) is 19.5 Å². The smallest absolute Gasteiger partial charge is 0.314 e. The third-order valence-electron chi connectivity index (χ3n) is 3.75. The second kappa shape index (κ2) is 6.03. The van der Waals surface area contributed by atoms with E-state index < -0.39 is 11.6 Å². The topological polar surface area (TPSA) is 101 Å². The SMILES string of the molecule is CC(N)(C(=O)NC1CCN(C(N)=O)C1)c1ccc(Br)cc1. The van der Waals surface area contributed by atoms with Gasteiger partial charge in [0.05, 0.1) is 0 Å². The van der Waals surface area contributed by atoms with Gasteiger partial charge in [-0.15, -0.1) is 0 Å². The summed E-state index contributed by atoms with van der Waals surface area (Å²) in [7, 11) is 0. The number of benzene rings is 1. The first-order valence-electron chi connectivity index (χ1n) is 6.71. The number of amides is 3. The molecular weight excluding hydrogens is 336 g/mol. The fourth-order valence-electron chi connectivity index (χ4n) is 2.34. The highest BCUT2D eigenvalue weighted by Gasteiger charge is 2.34. The Bertz CT molecular complexity index is 544. The maximum Gasteiger partial charge on any atom is 0.314 e. The number of nitrogens with two attached hydrogens (primary N) is 2. The average molecular weight is 355 g/mol. The van der Waals surface area contributed by atoms with E-state index in [0.717, 1.165) is 10.0 Å². The first kappa shape index (κ1) is 15.8. The van der Waals surface area contributed by atoms with Crippen LogP contribution in [-0.2, 0) is 10.3 Å². The Morgan fingerprint density at radius 3 is 2.52 bits per heavy atom. The molecule has 1 aliphatic rings. The second-order valence-electron chi connectivity index (χ2n) is 5.45. The van der Waals surface area contributed by atoms with Crippen molar-refractivity contribution in [3.63, 3.8) is 0 Å². The van der Waals surface area contributed by atoms with Crippen molar-refractivity contribution in [3.05, 3.63) is 34.3 Å². The van der Waals surface area contributed by atoms with Gasteiger partial charge in [-0.05, 0) is 31.0 Å². The summed E-state index contributed by atoms with van der Waals surface area (Å²) in [6.45, 7) is 2.66. The Kier molecular flexibility index (Phi) is 4.53. The van der Waals surface area contributed by atoms with Crippen molar-refractivity contribution < 1.29 is 9.59 Å². The average Bonchev–Trinajstić information content (AvgIpc) is 2.88. The van der Waals surface area contributed by atoms with E-state index in [4.69, 9.17) is 11.5 Å². The molecule has 1 saturated heterocycles. The summed E-state index contributed by atoms with van der Waals surface area (Å²) in [4.78, 5) is 25.0. The fourth-order valence-corrected chi connectivity index (χ4v) is 2.61. The molecule has 2 rings (SSSR count). The molecule has 6 nitrogen and oxygen atoms in total. The normalized spacial score (nSPS) is 20.9. The van der Waals surface area contributed by atoms with E-state index >= 15 is 0 Å². The number of primary amides is 1. The summed E-state index contributed by atoms with van der Waals surface area (Å²) in [5.41, 5.74) is 11.0. The molecule has 114 valence electrons. The van der Waals surface area contributed by atoms with Crippen molar-refractivity contribution in [2.24, 2.45) is 11.5 Å². The molecule has 0 bridgehead atoms. The second-order valence-corrected chi connectivity index (χ2v) is 6.37. The molecule has 2 atom stereocenters. The lowest BCUT2D eigenvalue weighted by Crippen LogP contribution is -2.52. The number of carbonyl (C=O) groups is 2. The molecule has 5 N–H and O–H groups in total. The van der Waals surface area contributed by atoms with Crippen molar-refractivity contribution in [2.75, 3.05) is 13.1 Å². The molecule has 1 heterocycles. The van der Waals surface area contributed by atoms with Crippen LogP contribution < -0.4 is 16.8 Å². The van der Waals surface area contributed by atoms with Gasteiger partial charge in [-0.3, -0.25) is 4.79 Å². The monoisotopic (exact) mass is 354 g/mol.